The van der Waals surface area contributed by atoms with Crippen LogP contribution in [-0.2, 0) is 16.4 Å². The molecule has 0 radical (unpaired) electrons. The van der Waals surface area contributed by atoms with Crippen molar-refractivity contribution in [1.29, 1.82) is 0 Å². The van der Waals surface area contributed by atoms with Crippen molar-refractivity contribution in [3.63, 3.8) is 0 Å². The van der Waals surface area contributed by atoms with Gasteiger partial charge in [-0.1, -0.05) is 29.0 Å². The first-order valence-corrected chi connectivity index (χ1v) is 12.1. The van der Waals surface area contributed by atoms with Gasteiger partial charge in [-0.2, -0.15) is 0 Å². The minimum atomic E-state index is -3.47. The fourth-order valence-corrected chi connectivity index (χ4v) is 4.94. The number of nitrogens with zero attached hydrogens (tertiary/aromatic N) is 2. The Kier molecular flexibility index (Phi) is 5.74. The Hall–Kier alpha value is -2.88. The number of anilines is 1. The molecule has 0 bridgehead atoms. The Morgan fingerprint density at radius 1 is 1.23 bits per heavy atom. The quantitative estimate of drug-likeness (QED) is 0.397. The minimum Gasteiger partial charge on any atom is -0.494 e. The Morgan fingerprint density at radius 3 is 2.71 bits per heavy atom. The first kappa shape index (κ1) is 21.4. The largest absolute Gasteiger partial charge is 0.494 e. The minimum absolute atomic E-state index is 0.0605. The topological polar surface area (TPSA) is 89.7 Å². The fourth-order valence-electron chi connectivity index (χ4n) is 3.02. The predicted octanol–water partition coefficient (Wildman–Crippen LogP) is 4.80. The van der Waals surface area contributed by atoms with Gasteiger partial charge in [0.15, 0.2) is 15.0 Å². The molecule has 0 saturated heterocycles. The lowest BCUT2D eigenvalue weighted by Gasteiger charge is -2.19. The van der Waals surface area contributed by atoms with Gasteiger partial charge < -0.3 is 9.15 Å². The van der Waals surface area contributed by atoms with Gasteiger partial charge in [-0.05, 0) is 42.5 Å². The average molecular weight is 477 g/mol. The second-order valence-electron chi connectivity index (χ2n) is 6.69. The third kappa shape index (κ3) is 4.30. The molecule has 0 fully saturated rings. The van der Waals surface area contributed by atoms with Crippen molar-refractivity contribution in [2.24, 2.45) is 0 Å². The molecule has 160 valence electrons. The molecular weight excluding hydrogens is 460 g/mol. The van der Waals surface area contributed by atoms with Crippen molar-refractivity contribution < 1.29 is 22.4 Å². The van der Waals surface area contributed by atoms with Crippen molar-refractivity contribution in [1.82, 2.24) is 4.98 Å². The average Bonchev–Trinajstić information content (AvgIpc) is 3.42. The number of sulfone groups is 1. The summed E-state index contributed by atoms with van der Waals surface area (Å²) >= 11 is 7.58. The first-order chi connectivity index (χ1) is 14.8. The number of fused-ring (bicyclic) bond motifs is 1. The molecule has 0 atom stereocenters. The molecule has 31 heavy (non-hydrogen) atoms. The molecule has 0 aliphatic heterocycles. The molecule has 1 amide bonds. The Bertz CT molecular complexity index is 1360. The van der Waals surface area contributed by atoms with Gasteiger partial charge >= 0.3 is 0 Å². The number of thiazole rings is 1. The molecule has 10 heteroatoms. The predicted molar refractivity (Wildman–Crippen MR) is 120 cm³/mol. The maximum absolute atomic E-state index is 13.5. The van der Waals surface area contributed by atoms with Crippen LogP contribution in [-0.4, -0.2) is 32.7 Å². The highest BCUT2D eigenvalue weighted by atomic mass is 35.5. The molecule has 7 nitrogen and oxygen atoms in total. The van der Waals surface area contributed by atoms with E-state index in [4.69, 9.17) is 20.8 Å². The molecule has 4 rings (SSSR count). The van der Waals surface area contributed by atoms with E-state index in [0.717, 1.165) is 6.26 Å². The second kappa shape index (κ2) is 8.33. The van der Waals surface area contributed by atoms with E-state index in [1.807, 2.05) is 0 Å². The number of hydrogen-bond donors (Lipinski definition) is 0. The lowest BCUT2D eigenvalue weighted by molar-refractivity contribution is 0.0983. The smallest absolute Gasteiger partial charge is 0.260 e. The zero-order chi connectivity index (χ0) is 22.2. The number of carbonyl (C=O) groups excluding carboxylic acids is 1. The van der Waals surface area contributed by atoms with Crippen molar-refractivity contribution in [2.75, 3.05) is 18.3 Å². The van der Waals surface area contributed by atoms with E-state index in [-0.39, 0.29) is 17.0 Å². The summed E-state index contributed by atoms with van der Waals surface area (Å²) in [4.78, 5) is 19.5. The third-order valence-corrected chi connectivity index (χ3v) is 7.20. The number of methoxy groups -OCH3 is 1. The van der Waals surface area contributed by atoms with Gasteiger partial charge in [0.05, 0.1) is 34.5 Å². The second-order valence-corrected chi connectivity index (χ2v) is 10.1. The molecule has 0 spiro atoms. The normalized spacial score (nSPS) is 11.6. The van der Waals surface area contributed by atoms with Gasteiger partial charge in [0.2, 0.25) is 0 Å². The highest BCUT2D eigenvalue weighted by Crippen LogP contribution is 2.39. The van der Waals surface area contributed by atoms with Crippen molar-refractivity contribution in [3.05, 3.63) is 71.1 Å². The molecule has 2 heterocycles. The molecule has 2 aromatic carbocycles. The summed E-state index contributed by atoms with van der Waals surface area (Å²) < 4.78 is 35.4. The van der Waals surface area contributed by atoms with E-state index in [1.54, 1.807) is 30.3 Å². The molecule has 0 unspecified atom stereocenters. The number of halogens is 1. The van der Waals surface area contributed by atoms with Crippen LogP contribution in [0.5, 0.6) is 5.75 Å². The molecule has 0 aliphatic rings. The number of aromatic nitrogens is 1. The molecule has 0 aliphatic carbocycles. The number of ether oxygens (including phenoxy) is 1. The highest BCUT2D eigenvalue weighted by molar-refractivity contribution is 7.90. The van der Waals surface area contributed by atoms with Crippen LogP contribution >= 0.6 is 22.9 Å². The van der Waals surface area contributed by atoms with Crippen LogP contribution in [0.4, 0.5) is 5.13 Å². The van der Waals surface area contributed by atoms with Gasteiger partial charge in [-0.15, -0.1) is 0 Å². The monoisotopic (exact) mass is 476 g/mol. The molecule has 2 aromatic heterocycles. The number of carbonyl (C=O) groups is 1. The zero-order valence-electron chi connectivity index (χ0n) is 16.5. The SMILES string of the molecule is COc1ccc(Cl)c2sc(N(Cc3ccco3)C(=O)c3cccc(S(C)(=O)=O)c3)nc12. The van der Waals surface area contributed by atoms with E-state index in [2.05, 4.69) is 4.98 Å². The Balaban J connectivity index is 1.83. The summed E-state index contributed by atoms with van der Waals surface area (Å²) in [5.74, 6) is 0.660. The van der Waals surface area contributed by atoms with Crippen LogP contribution in [0.15, 0.2) is 64.1 Å². The van der Waals surface area contributed by atoms with E-state index in [9.17, 15) is 13.2 Å². The maximum Gasteiger partial charge on any atom is 0.260 e. The van der Waals surface area contributed by atoms with Gasteiger partial charge in [0.1, 0.15) is 17.0 Å². The standard InChI is InChI=1S/C21H17ClN2O5S2/c1-28-17-9-8-16(22)19-18(17)23-21(30-19)24(12-14-6-4-10-29-14)20(25)13-5-3-7-15(11-13)31(2,26)27/h3-11H,12H2,1-2H3. The lowest BCUT2D eigenvalue weighted by atomic mass is 10.2. The Labute approximate surface area is 187 Å². The summed E-state index contributed by atoms with van der Waals surface area (Å²) in [7, 11) is -1.94. The zero-order valence-corrected chi connectivity index (χ0v) is 18.9. The molecule has 4 aromatic rings. The van der Waals surface area contributed by atoms with E-state index in [1.165, 1.54) is 47.8 Å². The van der Waals surface area contributed by atoms with Crippen molar-refractivity contribution in [3.8, 4) is 5.75 Å². The lowest BCUT2D eigenvalue weighted by Crippen LogP contribution is -2.30. The summed E-state index contributed by atoms with van der Waals surface area (Å²) in [6, 6.07) is 12.8. The summed E-state index contributed by atoms with van der Waals surface area (Å²) in [5.41, 5.74) is 0.754. The number of furan rings is 1. The third-order valence-electron chi connectivity index (χ3n) is 4.55. The summed E-state index contributed by atoms with van der Waals surface area (Å²) in [5, 5.41) is 0.872. The number of amides is 1. The van der Waals surface area contributed by atoms with Gasteiger partial charge in [-0.25, -0.2) is 13.4 Å². The van der Waals surface area contributed by atoms with Gasteiger partial charge in [0.25, 0.3) is 5.91 Å². The molecule has 0 N–H and O–H groups in total. The van der Waals surface area contributed by atoms with E-state index >= 15 is 0 Å². The van der Waals surface area contributed by atoms with Crippen LogP contribution < -0.4 is 9.64 Å². The van der Waals surface area contributed by atoms with Crippen molar-refractivity contribution >= 4 is 54.0 Å². The highest BCUT2D eigenvalue weighted by Gasteiger charge is 2.25. The molecule has 0 saturated carbocycles. The summed E-state index contributed by atoms with van der Waals surface area (Å²) in [6.07, 6.45) is 2.61. The van der Waals surface area contributed by atoms with Crippen LogP contribution in [0.25, 0.3) is 10.2 Å². The molecular formula is C21H17ClN2O5S2. The van der Waals surface area contributed by atoms with Crippen LogP contribution in [0.3, 0.4) is 0 Å². The van der Waals surface area contributed by atoms with Gasteiger partial charge in [0, 0.05) is 11.8 Å². The van der Waals surface area contributed by atoms with Crippen LogP contribution in [0.1, 0.15) is 16.1 Å². The Morgan fingerprint density at radius 2 is 2.03 bits per heavy atom. The number of rotatable bonds is 6. The van der Waals surface area contributed by atoms with E-state index in [0.29, 0.717) is 31.9 Å². The van der Waals surface area contributed by atoms with Gasteiger partial charge in [-0.3, -0.25) is 9.69 Å². The number of hydrogen-bond acceptors (Lipinski definition) is 7. The maximum atomic E-state index is 13.5. The van der Waals surface area contributed by atoms with Crippen molar-refractivity contribution in [2.45, 2.75) is 11.4 Å². The summed E-state index contributed by atoms with van der Waals surface area (Å²) in [6.45, 7) is 0.106. The van der Waals surface area contributed by atoms with Crippen LogP contribution in [0.2, 0.25) is 5.02 Å². The van der Waals surface area contributed by atoms with Crippen LogP contribution in [0, 0.1) is 0 Å². The number of benzene rings is 2. The van der Waals surface area contributed by atoms with E-state index < -0.39 is 15.7 Å². The first-order valence-electron chi connectivity index (χ1n) is 9.05. The fraction of sp³-hybridized carbons (Fsp3) is 0.143.